The second-order valence-corrected chi connectivity index (χ2v) is 17.3. The first-order valence-electron chi connectivity index (χ1n) is 19.9. The number of anilines is 3. The molecule has 0 radical (unpaired) electrons. The maximum atomic E-state index is 2.74. The summed E-state index contributed by atoms with van der Waals surface area (Å²) in [7, 11) is 0. The van der Waals surface area contributed by atoms with Gasteiger partial charge in [0.1, 0.15) is 0 Å². The summed E-state index contributed by atoms with van der Waals surface area (Å²) in [6.45, 7) is 2.74. The van der Waals surface area contributed by atoms with Gasteiger partial charge in [-0.1, -0.05) is 128 Å². The van der Waals surface area contributed by atoms with E-state index < -0.39 is 0 Å². The summed E-state index contributed by atoms with van der Waals surface area (Å²) < 4.78 is 0. The van der Waals surface area contributed by atoms with Gasteiger partial charge >= 0.3 is 0 Å². The Balaban J connectivity index is 0.917. The average Bonchev–Trinajstić information content (AvgIpc) is 3.21. The quantitative estimate of drug-likeness (QED) is 0.163. The van der Waals surface area contributed by atoms with Gasteiger partial charge in [-0.05, 0) is 155 Å². The highest BCUT2D eigenvalue weighted by Gasteiger charge is 2.74. The van der Waals surface area contributed by atoms with E-state index in [2.05, 4.69) is 170 Å². The van der Waals surface area contributed by atoms with Gasteiger partial charge in [0, 0.05) is 22.5 Å². The normalized spacial score (nSPS) is 30.5. The van der Waals surface area contributed by atoms with Gasteiger partial charge < -0.3 is 4.90 Å². The highest BCUT2D eigenvalue weighted by Crippen LogP contribution is 2.80. The molecule has 52 heavy (non-hydrogen) atoms. The molecule has 13 rings (SSSR count). The molecule has 8 bridgehead atoms. The van der Waals surface area contributed by atoms with E-state index in [9.17, 15) is 0 Å². The Bertz CT molecular complexity index is 2140. The van der Waals surface area contributed by atoms with Crippen LogP contribution in [-0.4, -0.2) is 0 Å². The number of hydrogen-bond acceptors (Lipinski definition) is 1. The zero-order valence-corrected chi connectivity index (χ0v) is 30.2. The Morgan fingerprint density at radius 2 is 0.788 bits per heavy atom. The molecule has 7 saturated carbocycles. The lowest BCUT2D eigenvalue weighted by Crippen LogP contribution is -2.74. The Kier molecular flexibility index (Phi) is 6.83. The van der Waals surface area contributed by atoms with Gasteiger partial charge in [0.2, 0.25) is 0 Å². The minimum absolute atomic E-state index is 0.409. The van der Waals surface area contributed by atoms with Crippen LogP contribution in [0.2, 0.25) is 0 Å². The highest BCUT2D eigenvalue weighted by atomic mass is 15.1. The SMILES string of the molecule is CC12CC3CC4C5CC(CC41)CC2(c1ccc(-c2ccc(N(c4ccc(-c6ccccc6)cc4)c4ccc(-c6ccccc6)cc4)cc2)cc1)C5C3. The van der Waals surface area contributed by atoms with Crippen molar-refractivity contribution in [3.63, 3.8) is 0 Å². The van der Waals surface area contributed by atoms with Gasteiger partial charge in [-0.25, -0.2) is 0 Å². The second kappa shape index (κ2) is 11.6. The van der Waals surface area contributed by atoms with Crippen molar-refractivity contribution < 1.29 is 0 Å². The summed E-state index contributed by atoms with van der Waals surface area (Å²) in [6, 6.07) is 58.6. The molecule has 0 saturated heterocycles. The lowest BCUT2D eigenvalue weighted by Gasteiger charge is -2.79. The van der Waals surface area contributed by atoms with Crippen LogP contribution in [0.3, 0.4) is 0 Å². The molecule has 6 aromatic carbocycles. The molecule has 0 amide bonds. The first kappa shape index (κ1) is 30.7. The Labute approximate surface area is 309 Å². The minimum atomic E-state index is 0.409. The molecule has 6 aromatic rings. The number of rotatable bonds is 7. The zero-order chi connectivity index (χ0) is 34.4. The lowest BCUT2D eigenvalue weighted by molar-refractivity contribution is -0.266. The molecule has 1 nitrogen and oxygen atoms in total. The van der Waals surface area contributed by atoms with E-state index in [0.717, 1.165) is 52.6 Å². The fraction of sp³-hybridized carbons (Fsp3) is 0.294. The highest BCUT2D eigenvalue weighted by molar-refractivity contribution is 5.81. The van der Waals surface area contributed by atoms with Gasteiger partial charge in [-0.2, -0.15) is 0 Å². The molecule has 0 N–H and O–H groups in total. The summed E-state index contributed by atoms with van der Waals surface area (Å²) in [5.74, 6) is 5.88. The van der Waals surface area contributed by atoms with E-state index in [0.29, 0.717) is 10.8 Å². The first-order chi connectivity index (χ1) is 25.6. The predicted molar refractivity (Wildman–Crippen MR) is 216 cm³/mol. The largest absolute Gasteiger partial charge is 0.311 e. The zero-order valence-electron chi connectivity index (χ0n) is 30.2. The molecule has 0 aromatic heterocycles. The molecular formula is C51H47N. The molecule has 7 fully saturated rings. The summed E-state index contributed by atoms with van der Waals surface area (Å²) >= 11 is 0. The topological polar surface area (TPSA) is 3.24 Å². The maximum absolute atomic E-state index is 2.74. The van der Waals surface area contributed by atoms with E-state index in [1.54, 1.807) is 12.0 Å². The van der Waals surface area contributed by atoms with Crippen molar-refractivity contribution >= 4 is 17.1 Å². The van der Waals surface area contributed by atoms with Crippen molar-refractivity contribution in [1.82, 2.24) is 0 Å². The van der Waals surface area contributed by atoms with Crippen molar-refractivity contribution in [1.29, 1.82) is 0 Å². The molecule has 0 heterocycles. The molecule has 0 aliphatic heterocycles. The maximum Gasteiger partial charge on any atom is 0.0462 e. The average molecular weight is 674 g/mol. The van der Waals surface area contributed by atoms with Crippen LogP contribution in [-0.2, 0) is 5.41 Å². The van der Waals surface area contributed by atoms with Crippen LogP contribution in [0.25, 0.3) is 33.4 Å². The van der Waals surface area contributed by atoms with Crippen molar-refractivity contribution in [3.8, 4) is 33.4 Å². The fourth-order valence-electron chi connectivity index (χ4n) is 13.2. The van der Waals surface area contributed by atoms with Gasteiger partial charge in [0.05, 0.1) is 0 Å². The summed E-state index contributed by atoms with van der Waals surface area (Å²) in [5, 5.41) is 0. The monoisotopic (exact) mass is 673 g/mol. The third-order valence-corrected chi connectivity index (χ3v) is 15.1. The molecular weight excluding hydrogens is 627 g/mol. The number of nitrogens with zero attached hydrogens (tertiary/aromatic N) is 1. The Morgan fingerprint density at radius 3 is 1.27 bits per heavy atom. The molecule has 8 atom stereocenters. The summed E-state index contributed by atoms with van der Waals surface area (Å²) in [5.41, 5.74) is 13.6. The standard InChI is InChI=1S/C51H47N/c1-50-32-34-28-46-47-29-35(30-48(46)50)33-51(50,49(47)31-34)42-20-12-38(13-21-42)41-18-26-45(27-19-41)52(43-22-14-39(15-23-43)36-8-4-2-5-9-36)44-24-16-40(17-25-44)37-10-6-3-7-11-37/h2-27,34-35,46-49H,28-33H2,1H3. The van der Waals surface area contributed by atoms with Crippen molar-refractivity contribution in [2.45, 2.75) is 50.9 Å². The van der Waals surface area contributed by atoms with Crippen molar-refractivity contribution in [2.75, 3.05) is 4.90 Å². The van der Waals surface area contributed by atoms with Crippen LogP contribution in [0.1, 0.15) is 51.0 Å². The van der Waals surface area contributed by atoms with Gasteiger partial charge in [0.25, 0.3) is 0 Å². The van der Waals surface area contributed by atoms with Crippen molar-refractivity contribution in [3.05, 3.63) is 163 Å². The van der Waals surface area contributed by atoms with E-state index in [4.69, 9.17) is 0 Å². The van der Waals surface area contributed by atoms with Gasteiger partial charge in [0.15, 0.2) is 0 Å². The molecule has 0 spiro atoms. The third kappa shape index (κ3) is 4.47. The van der Waals surface area contributed by atoms with Crippen LogP contribution >= 0.6 is 0 Å². The molecule has 8 unspecified atom stereocenters. The number of benzene rings is 6. The van der Waals surface area contributed by atoms with Crippen LogP contribution < -0.4 is 4.90 Å². The molecule has 7 aliphatic carbocycles. The van der Waals surface area contributed by atoms with Crippen LogP contribution in [0.4, 0.5) is 17.1 Å². The van der Waals surface area contributed by atoms with Crippen LogP contribution in [0, 0.1) is 40.9 Å². The van der Waals surface area contributed by atoms with Gasteiger partial charge in [-0.3, -0.25) is 0 Å². The third-order valence-electron chi connectivity index (χ3n) is 15.1. The lowest BCUT2D eigenvalue weighted by atomic mass is 9.25. The van der Waals surface area contributed by atoms with Gasteiger partial charge in [-0.15, -0.1) is 0 Å². The molecule has 1 heteroatoms. The molecule has 256 valence electrons. The van der Waals surface area contributed by atoms with E-state index >= 15 is 0 Å². The fourth-order valence-corrected chi connectivity index (χ4v) is 13.2. The van der Waals surface area contributed by atoms with Crippen LogP contribution in [0.5, 0.6) is 0 Å². The second-order valence-electron chi connectivity index (χ2n) is 17.3. The first-order valence-corrected chi connectivity index (χ1v) is 19.9. The minimum Gasteiger partial charge on any atom is -0.311 e. The van der Waals surface area contributed by atoms with Crippen LogP contribution in [0.15, 0.2) is 158 Å². The molecule has 7 aliphatic rings. The van der Waals surface area contributed by atoms with Crippen molar-refractivity contribution in [2.24, 2.45) is 40.9 Å². The van der Waals surface area contributed by atoms with E-state index in [1.165, 1.54) is 65.5 Å². The predicted octanol–water partition coefficient (Wildman–Crippen LogP) is 13.5. The Hall–Kier alpha value is -4.88. The Morgan fingerprint density at radius 1 is 0.404 bits per heavy atom. The van der Waals surface area contributed by atoms with E-state index in [1.807, 2.05) is 0 Å². The smallest absolute Gasteiger partial charge is 0.0462 e. The van der Waals surface area contributed by atoms with E-state index in [-0.39, 0.29) is 0 Å². The number of hydrogen-bond donors (Lipinski definition) is 0. The summed E-state index contributed by atoms with van der Waals surface area (Å²) in [6.07, 6.45) is 9.03. The summed E-state index contributed by atoms with van der Waals surface area (Å²) in [4.78, 5) is 2.38.